The Labute approximate surface area is 118 Å². The first-order chi connectivity index (χ1) is 9.51. The van der Waals surface area contributed by atoms with Gasteiger partial charge in [0.1, 0.15) is 5.82 Å². The van der Waals surface area contributed by atoms with Crippen molar-refractivity contribution >= 4 is 17.3 Å². The molecule has 0 radical (unpaired) electrons. The van der Waals surface area contributed by atoms with Gasteiger partial charge in [-0.2, -0.15) is 0 Å². The lowest BCUT2D eigenvalue weighted by Gasteiger charge is -2.15. The maximum Gasteiger partial charge on any atom is 0.295 e. The molecule has 0 bridgehead atoms. The summed E-state index contributed by atoms with van der Waals surface area (Å²) in [4.78, 5) is 18.2. The van der Waals surface area contributed by atoms with Crippen LogP contribution in [0, 0.1) is 6.92 Å². The summed E-state index contributed by atoms with van der Waals surface area (Å²) in [6.45, 7) is 3.91. The van der Waals surface area contributed by atoms with Crippen LogP contribution in [0.1, 0.15) is 28.9 Å². The highest BCUT2D eigenvalue weighted by atomic mass is 16.2. The second-order valence-corrected chi connectivity index (χ2v) is 4.81. The minimum Gasteiger partial charge on any atom is -0.378 e. The summed E-state index contributed by atoms with van der Waals surface area (Å²) in [5.74, 6) is 0.564. The fourth-order valence-corrected chi connectivity index (χ4v) is 1.80. The molecular formula is C14H19N5O. The molecule has 0 saturated heterocycles. The molecule has 1 amide bonds. The SMILES string of the molecule is CCc1nc(C(=O)Nc2ccc(N(C)C)cc2C)n[nH]1. The number of aromatic amines is 1. The normalized spacial score (nSPS) is 10.4. The number of amides is 1. The van der Waals surface area contributed by atoms with Crippen molar-refractivity contribution in [2.75, 3.05) is 24.3 Å². The molecule has 0 unspecified atom stereocenters. The number of carbonyl (C=O) groups excluding carboxylic acids is 1. The van der Waals surface area contributed by atoms with E-state index < -0.39 is 0 Å². The Morgan fingerprint density at radius 3 is 2.70 bits per heavy atom. The van der Waals surface area contributed by atoms with Crippen molar-refractivity contribution in [3.8, 4) is 0 Å². The van der Waals surface area contributed by atoms with Crippen LogP contribution in [0.25, 0.3) is 0 Å². The van der Waals surface area contributed by atoms with Gasteiger partial charge >= 0.3 is 0 Å². The van der Waals surface area contributed by atoms with Crippen LogP contribution in [0.2, 0.25) is 0 Å². The lowest BCUT2D eigenvalue weighted by atomic mass is 10.1. The molecule has 0 spiro atoms. The Kier molecular flexibility index (Phi) is 4.02. The molecule has 0 aliphatic heterocycles. The lowest BCUT2D eigenvalue weighted by Crippen LogP contribution is -2.15. The number of hydrogen-bond donors (Lipinski definition) is 2. The van der Waals surface area contributed by atoms with E-state index in [1.54, 1.807) is 0 Å². The van der Waals surface area contributed by atoms with E-state index in [4.69, 9.17) is 0 Å². The third-order valence-corrected chi connectivity index (χ3v) is 3.04. The van der Waals surface area contributed by atoms with Crippen molar-refractivity contribution in [1.29, 1.82) is 0 Å². The number of hydrogen-bond acceptors (Lipinski definition) is 4. The smallest absolute Gasteiger partial charge is 0.295 e. The van der Waals surface area contributed by atoms with Gasteiger partial charge in [-0.3, -0.25) is 9.89 Å². The van der Waals surface area contributed by atoms with Crippen LogP contribution in [0.4, 0.5) is 11.4 Å². The summed E-state index contributed by atoms with van der Waals surface area (Å²) in [5, 5.41) is 9.46. The average molecular weight is 273 g/mol. The summed E-state index contributed by atoms with van der Waals surface area (Å²) >= 11 is 0. The highest BCUT2D eigenvalue weighted by molar-refractivity contribution is 6.02. The zero-order chi connectivity index (χ0) is 14.7. The topological polar surface area (TPSA) is 73.9 Å². The van der Waals surface area contributed by atoms with Crippen molar-refractivity contribution < 1.29 is 4.79 Å². The van der Waals surface area contributed by atoms with Crippen LogP contribution in [-0.2, 0) is 6.42 Å². The van der Waals surface area contributed by atoms with E-state index in [1.165, 1.54) is 0 Å². The van der Waals surface area contributed by atoms with Gasteiger partial charge in [-0.15, -0.1) is 5.10 Å². The standard InChI is InChI=1S/C14H19N5O/c1-5-12-16-13(18-17-12)14(20)15-11-7-6-10(19(3)4)8-9(11)2/h6-8H,5H2,1-4H3,(H,15,20)(H,16,17,18). The molecule has 2 aromatic rings. The third-order valence-electron chi connectivity index (χ3n) is 3.04. The number of carbonyl (C=O) groups is 1. The van der Waals surface area contributed by atoms with E-state index in [1.807, 2.05) is 51.0 Å². The first-order valence-electron chi connectivity index (χ1n) is 6.52. The van der Waals surface area contributed by atoms with Crippen LogP contribution in [0.3, 0.4) is 0 Å². The average Bonchev–Trinajstić information content (AvgIpc) is 2.89. The van der Waals surface area contributed by atoms with Gasteiger partial charge < -0.3 is 10.2 Å². The quantitative estimate of drug-likeness (QED) is 0.893. The predicted molar refractivity (Wildman–Crippen MR) is 79.2 cm³/mol. The van der Waals surface area contributed by atoms with Gasteiger partial charge in [-0.25, -0.2) is 4.98 Å². The van der Waals surface area contributed by atoms with Crippen LogP contribution in [0.15, 0.2) is 18.2 Å². The van der Waals surface area contributed by atoms with Gasteiger partial charge in [0.15, 0.2) is 0 Å². The molecule has 0 saturated carbocycles. The highest BCUT2D eigenvalue weighted by Gasteiger charge is 2.13. The number of benzene rings is 1. The van der Waals surface area contributed by atoms with E-state index in [0.717, 1.165) is 23.4 Å². The molecule has 2 rings (SSSR count). The molecule has 0 aliphatic carbocycles. The number of anilines is 2. The molecule has 6 heteroatoms. The number of nitrogens with zero attached hydrogens (tertiary/aromatic N) is 3. The fourth-order valence-electron chi connectivity index (χ4n) is 1.80. The highest BCUT2D eigenvalue weighted by Crippen LogP contribution is 2.21. The van der Waals surface area contributed by atoms with E-state index in [9.17, 15) is 4.79 Å². The molecule has 1 heterocycles. The van der Waals surface area contributed by atoms with Crippen LogP contribution >= 0.6 is 0 Å². The van der Waals surface area contributed by atoms with Gasteiger partial charge in [-0.1, -0.05) is 6.92 Å². The summed E-state index contributed by atoms with van der Waals surface area (Å²) < 4.78 is 0. The Hall–Kier alpha value is -2.37. The summed E-state index contributed by atoms with van der Waals surface area (Å²) in [6.07, 6.45) is 0.719. The number of nitrogens with one attached hydrogen (secondary N) is 2. The number of aryl methyl sites for hydroxylation is 2. The maximum atomic E-state index is 12.0. The molecule has 0 aliphatic rings. The van der Waals surface area contributed by atoms with Crippen LogP contribution < -0.4 is 10.2 Å². The summed E-state index contributed by atoms with van der Waals surface area (Å²) in [7, 11) is 3.96. The van der Waals surface area contributed by atoms with Crippen molar-refractivity contribution in [3.63, 3.8) is 0 Å². The number of rotatable bonds is 4. The Morgan fingerprint density at radius 2 is 2.15 bits per heavy atom. The summed E-state index contributed by atoms with van der Waals surface area (Å²) in [5.41, 5.74) is 2.85. The predicted octanol–water partition coefficient (Wildman–Crippen LogP) is 1.99. The monoisotopic (exact) mass is 273 g/mol. The Morgan fingerprint density at radius 1 is 1.40 bits per heavy atom. The molecule has 1 aromatic heterocycles. The zero-order valence-corrected chi connectivity index (χ0v) is 12.2. The Balaban J connectivity index is 2.15. The molecule has 6 nitrogen and oxygen atoms in total. The van der Waals surface area contributed by atoms with Gasteiger partial charge in [0.05, 0.1) is 0 Å². The van der Waals surface area contributed by atoms with Crippen molar-refractivity contribution in [2.45, 2.75) is 20.3 Å². The van der Waals surface area contributed by atoms with E-state index in [-0.39, 0.29) is 11.7 Å². The largest absolute Gasteiger partial charge is 0.378 e. The van der Waals surface area contributed by atoms with E-state index in [0.29, 0.717) is 5.82 Å². The molecule has 20 heavy (non-hydrogen) atoms. The van der Waals surface area contributed by atoms with Gasteiger partial charge in [0, 0.05) is 31.9 Å². The van der Waals surface area contributed by atoms with Crippen molar-refractivity contribution in [2.24, 2.45) is 0 Å². The molecule has 0 atom stereocenters. The fraction of sp³-hybridized carbons (Fsp3) is 0.357. The third kappa shape index (κ3) is 2.96. The zero-order valence-electron chi connectivity index (χ0n) is 12.2. The first-order valence-corrected chi connectivity index (χ1v) is 6.52. The van der Waals surface area contributed by atoms with Crippen molar-refractivity contribution in [1.82, 2.24) is 15.2 Å². The van der Waals surface area contributed by atoms with Crippen LogP contribution in [0.5, 0.6) is 0 Å². The van der Waals surface area contributed by atoms with Gasteiger partial charge in [0.25, 0.3) is 5.91 Å². The molecule has 1 aromatic carbocycles. The maximum absolute atomic E-state index is 12.0. The second kappa shape index (κ2) is 5.73. The van der Waals surface area contributed by atoms with E-state index >= 15 is 0 Å². The molecular weight excluding hydrogens is 254 g/mol. The molecule has 2 N–H and O–H groups in total. The number of aromatic nitrogens is 3. The van der Waals surface area contributed by atoms with Crippen LogP contribution in [-0.4, -0.2) is 35.2 Å². The minimum atomic E-state index is -0.304. The number of H-pyrrole nitrogens is 1. The van der Waals surface area contributed by atoms with E-state index in [2.05, 4.69) is 20.5 Å². The van der Waals surface area contributed by atoms with Crippen molar-refractivity contribution in [3.05, 3.63) is 35.4 Å². The molecule has 106 valence electrons. The second-order valence-electron chi connectivity index (χ2n) is 4.81. The molecule has 0 fully saturated rings. The summed E-state index contributed by atoms with van der Waals surface area (Å²) in [6, 6.07) is 5.86. The lowest BCUT2D eigenvalue weighted by molar-refractivity contribution is 0.101. The van der Waals surface area contributed by atoms with Gasteiger partial charge in [-0.05, 0) is 30.7 Å². The van der Waals surface area contributed by atoms with Gasteiger partial charge in [0.2, 0.25) is 5.82 Å². The minimum absolute atomic E-state index is 0.165. The Bertz CT molecular complexity index is 618. The first kappa shape index (κ1) is 14.0.